The second kappa shape index (κ2) is 10.3. The Balaban J connectivity index is 1.53. The van der Waals surface area contributed by atoms with Gasteiger partial charge in [0.1, 0.15) is 11.6 Å². The number of aromatic nitrogens is 1. The van der Waals surface area contributed by atoms with E-state index in [0.29, 0.717) is 5.13 Å². The van der Waals surface area contributed by atoms with E-state index in [0.717, 1.165) is 64.4 Å². The van der Waals surface area contributed by atoms with Crippen LogP contribution in [0.1, 0.15) is 18.2 Å². The van der Waals surface area contributed by atoms with Gasteiger partial charge in [0, 0.05) is 10.4 Å². The first-order valence-electron chi connectivity index (χ1n) is 10.8. The van der Waals surface area contributed by atoms with Crippen molar-refractivity contribution in [2.45, 2.75) is 24.7 Å². The maximum absolute atomic E-state index is 13.1. The number of halogens is 1. The number of nitrogens with one attached hydrogen (secondary N) is 1. The van der Waals surface area contributed by atoms with Crippen molar-refractivity contribution in [3.63, 3.8) is 0 Å². The van der Waals surface area contributed by atoms with Gasteiger partial charge in [0.25, 0.3) is 0 Å². The molecular weight excluding hydrogens is 471 g/mol. The normalized spacial score (nSPS) is 11.4. The van der Waals surface area contributed by atoms with Crippen molar-refractivity contribution >= 4 is 32.2 Å². The maximum atomic E-state index is 13.1. The summed E-state index contributed by atoms with van der Waals surface area (Å²) in [5.74, 6) is -1.98. The molecule has 0 aliphatic heterocycles. The Morgan fingerprint density at radius 3 is 2.18 bits per heavy atom. The van der Waals surface area contributed by atoms with Gasteiger partial charge in [0.05, 0.1) is 10.6 Å². The lowest BCUT2D eigenvalue weighted by Gasteiger charge is -2.05. The van der Waals surface area contributed by atoms with Gasteiger partial charge >= 0.3 is 0 Å². The number of hydrogen-bond acceptors (Lipinski definition) is 5. The van der Waals surface area contributed by atoms with Gasteiger partial charge in [-0.2, -0.15) is 0 Å². The van der Waals surface area contributed by atoms with Gasteiger partial charge in [0.15, 0.2) is 15.0 Å². The van der Waals surface area contributed by atoms with Gasteiger partial charge in [-0.1, -0.05) is 67.9 Å². The Hall–Kier alpha value is -3.36. The van der Waals surface area contributed by atoms with Gasteiger partial charge in [-0.25, -0.2) is 17.8 Å². The molecule has 0 unspecified atom stereocenters. The minimum absolute atomic E-state index is 0.103. The van der Waals surface area contributed by atoms with Crippen LogP contribution in [0.3, 0.4) is 0 Å². The van der Waals surface area contributed by atoms with Crippen molar-refractivity contribution in [3.8, 4) is 22.4 Å². The number of hydrogen-bond donors (Lipinski definition) is 1. The minimum Gasteiger partial charge on any atom is -0.301 e. The molecule has 0 atom stereocenters. The largest absolute Gasteiger partial charge is 0.301 e. The molecule has 4 aromatic rings. The molecule has 0 saturated carbocycles. The summed E-state index contributed by atoms with van der Waals surface area (Å²) in [6, 6.07) is 22.5. The third-order valence-electron chi connectivity index (χ3n) is 5.18. The van der Waals surface area contributed by atoms with Crippen molar-refractivity contribution < 1.29 is 17.6 Å². The van der Waals surface area contributed by atoms with Crippen LogP contribution >= 0.6 is 11.3 Å². The zero-order valence-corrected chi connectivity index (χ0v) is 20.1. The van der Waals surface area contributed by atoms with Crippen molar-refractivity contribution in [1.29, 1.82) is 0 Å². The van der Waals surface area contributed by atoms with E-state index >= 15 is 0 Å². The van der Waals surface area contributed by atoms with E-state index in [2.05, 4.69) is 17.2 Å². The highest BCUT2D eigenvalue weighted by atomic mass is 32.2. The first kappa shape index (κ1) is 23.8. The monoisotopic (exact) mass is 494 g/mol. The summed E-state index contributed by atoms with van der Waals surface area (Å²) in [5.41, 5.74) is 3.93. The third-order valence-corrected chi connectivity index (χ3v) is 7.84. The molecule has 5 nitrogen and oxygen atoms in total. The Morgan fingerprint density at radius 2 is 1.53 bits per heavy atom. The van der Waals surface area contributed by atoms with E-state index in [1.54, 1.807) is 0 Å². The van der Waals surface area contributed by atoms with Gasteiger partial charge in [-0.3, -0.25) is 4.79 Å². The van der Waals surface area contributed by atoms with Crippen LogP contribution in [0.2, 0.25) is 0 Å². The molecule has 0 fully saturated rings. The van der Waals surface area contributed by atoms with Crippen molar-refractivity contribution in [3.05, 3.63) is 89.6 Å². The highest BCUT2D eigenvalue weighted by Crippen LogP contribution is 2.33. The lowest BCUT2D eigenvalue weighted by atomic mass is 10.0. The van der Waals surface area contributed by atoms with Crippen LogP contribution in [0, 0.1) is 5.82 Å². The molecular formula is C26H23FN2O3S2. The number of anilines is 1. The molecule has 8 heteroatoms. The summed E-state index contributed by atoms with van der Waals surface area (Å²) in [7, 11) is -3.90. The molecule has 0 spiro atoms. The fourth-order valence-electron chi connectivity index (χ4n) is 3.53. The number of sulfone groups is 1. The Kier molecular flexibility index (Phi) is 7.19. The van der Waals surface area contributed by atoms with Crippen LogP contribution in [-0.4, -0.2) is 25.1 Å². The summed E-state index contributed by atoms with van der Waals surface area (Å²) in [5, 5.41) is 2.97. The Morgan fingerprint density at radius 1 is 0.912 bits per heavy atom. The zero-order chi connectivity index (χ0) is 24.1. The second-order valence-corrected chi connectivity index (χ2v) is 10.8. The van der Waals surface area contributed by atoms with E-state index < -0.39 is 27.3 Å². The molecule has 1 amide bonds. The molecule has 3 aromatic carbocycles. The molecule has 0 bridgehead atoms. The van der Waals surface area contributed by atoms with E-state index in [9.17, 15) is 17.6 Å². The first-order chi connectivity index (χ1) is 16.4. The zero-order valence-electron chi connectivity index (χ0n) is 18.5. The average Bonchev–Trinajstić information content (AvgIpc) is 3.22. The lowest BCUT2D eigenvalue weighted by Crippen LogP contribution is -2.23. The Labute approximate surface area is 202 Å². The average molecular weight is 495 g/mol. The summed E-state index contributed by atoms with van der Waals surface area (Å²) in [4.78, 5) is 18.0. The molecule has 4 rings (SSSR count). The number of amides is 1. The fraction of sp³-hybridized carbons (Fsp3) is 0.154. The SMILES string of the molecule is CCCc1sc(NC(=O)CS(=O)(=O)c2ccc(F)cc2)nc1-c1ccc(-c2ccccc2)cc1. The van der Waals surface area contributed by atoms with Crippen molar-refractivity contribution in [2.75, 3.05) is 11.1 Å². The molecule has 1 aromatic heterocycles. The van der Waals surface area contributed by atoms with Crippen LogP contribution < -0.4 is 5.32 Å². The van der Waals surface area contributed by atoms with Crippen molar-refractivity contribution in [1.82, 2.24) is 4.98 Å². The number of aryl methyl sites for hydroxylation is 1. The summed E-state index contributed by atoms with van der Waals surface area (Å²) in [6.07, 6.45) is 1.70. The van der Waals surface area contributed by atoms with Crippen LogP contribution in [0.15, 0.2) is 83.8 Å². The van der Waals surface area contributed by atoms with Crippen LogP contribution in [0.5, 0.6) is 0 Å². The van der Waals surface area contributed by atoms with Crippen molar-refractivity contribution in [2.24, 2.45) is 0 Å². The van der Waals surface area contributed by atoms with Gasteiger partial charge < -0.3 is 5.32 Å². The van der Waals surface area contributed by atoms with E-state index in [-0.39, 0.29) is 4.90 Å². The highest BCUT2D eigenvalue weighted by Gasteiger charge is 2.21. The first-order valence-corrected chi connectivity index (χ1v) is 13.3. The molecule has 0 radical (unpaired) electrons. The third kappa shape index (κ3) is 5.58. The molecule has 34 heavy (non-hydrogen) atoms. The quantitative estimate of drug-likeness (QED) is 0.306. The smallest absolute Gasteiger partial charge is 0.241 e. The maximum Gasteiger partial charge on any atom is 0.241 e. The fourth-order valence-corrected chi connectivity index (χ4v) is 5.77. The number of carbonyl (C=O) groups is 1. The molecule has 1 heterocycles. The number of thiazole rings is 1. The molecule has 1 N–H and O–H groups in total. The standard InChI is InChI=1S/C26H23FN2O3S2/c1-2-6-23-25(20-11-9-19(10-12-20)18-7-4-3-5-8-18)29-26(33-23)28-24(30)17-34(31,32)22-15-13-21(27)14-16-22/h3-5,7-16H,2,6,17H2,1H3,(H,28,29,30). The van der Waals surface area contributed by atoms with Crippen LogP contribution in [0.25, 0.3) is 22.4 Å². The number of carbonyl (C=O) groups excluding carboxylic acids is 1. The topological polar surface area (TPSA) is 76.1 Å². The molecule has 174 valence electrons. The predicted molar refractivity (Wildman–Crippen MR) is 134 cm³/mol. The number of rotatable bonds is 8. The van der Waals surface area contributed by atoms with Gasteiger partial charge in [0.2, 0.25) is 5.91 Å². The molecule has 0 saturated heterocycles. The molecule has 0 aliphatic carbocycles. The number of benzene rings is 3. The van der Waals surface area contributed by atoms with E-state index in [1.807, 2.05) is 54.6 Å². The van der Waals surface area contributed by atoms with Gasteiger partial charge in [-0.05, 0) is 41.8 Å². The number of nitrogens with zero attached hydrogens (tertiary/aromatic N) is 1. The lowest BCUT2D eigenvalue weighted by molar-refractivity contribution is -0.113. The summed E-state index contributed by atoms with van der Waals surface area (Å²) >= 11 is 1.34. The van der Waals surface area contributed by atoms with E-state index in [4.69, 9.17) is 0 Å². The second-order valence-electron chi connectivity index (χ2n) is 7.75. The summed E-state index contributed by atoms with van der Waals surface area (Å²) < 4.78 is 38.1. The highest BCUT2D eigenvalue weighted by molar-refractivity contribution is 7.92. The summed E-state index contributed by atoms with van der Waals surface area (Å²) in [6.45, 7) is 2.07. The van der Waals surface area contributed by atoms with Gasteiger partial charge in [-0.15, -0.1) is 11.3 Å². The predicted octanol–water partition coefficient (Wildman–Crippen LogP) is 5.98. The van der Waals surface area contributed by atoms with Crippen LogP contribution in [0.4, 0.5) is 9.52 Å². The Bertz CT molecular complexity index is 1380. The van der Waals surface area contributed by atoms with E-state index in [1.165, 1.54) is 11.3 Å². The minimum atomic E-state index is -3.90. The molecule has 0 aliphatic rings. The van der Waals surface area contributed by atoms with Crippen LogP contribution in [-0.2, 0) is 21.1 Å².